The molecular formula is C12H13ClO3. The van der Waals surface area contributed by atoms with Crippen LogP contribution in [0.15, 0.2) is 18.2 Å². The van der Waals surface area contributed by atoms with Crippen molar-refractivity contribution >= 4 is 23.4 Å². The molecule has 0 aromatic heterocycles. The molecule has 3 nitrogen and oxygen atoms in total. The summed E-state index contributed by atoms with van der Waals surface area (Å²) in [6.07, 6.45) is 0.271. The summed E-state index contributed by atoms with van der Waals surface area (Å²) in [4.78, 5) is 23.0. The fourth-order valence-electron chi connectivity index (χ4n) is 1.39. The fourth-order valence-corrected chi connectivity index (χ4v) is 1.56. The molecule has 1 rings (SSSR count). The molecule has 0 atom stereocenters. The van der Waals surface area contributed by atoms with Gasteiger partial charge in [-0.1, -0.05) is 6.07 Å². The zero-order valence-corrected chi connectivity index (χ0v) is 10.0. The largest absolute Gasteiger partial charge is 0.465 e. The number of alkyl halides is 1. The highest BCUT2D eigenvalue weighted by Gasteiger charge is 2.12. The third-order valence-corrected chi connectivity index (χ3v) is 2.47. The summed E-state index contributed by atoms with van der Waals surface area (Å²) < 4.78 is 4.59. The predicted octanol–water partition coefficient (Wildman–Crippen LogP) is 2.59. The average Bonchev–Trinajstić information content (AvgIpc) is 2.29. The summed E-state index contributed by atoms with van der Waals surface area (Å²) in [5.41, 5.74) is 1.75. The second-order valence-electron chi connectivity index (χ2n) is 3.38. The first kappa shape index (κ1) is 12.7. The highest BCUT2D eigenvalue weighted by molar-refractivity contribution is 6.19. The fraction of sp³-hybridized carbons (Fsp3) is 0.333. The van der Waals surface area contributed by atoms with Crippen LogP contribution < -0.4 is 0 Å². The first-order valence-corrected chi connectivity index (χ1v) is 5.41. The third-order valence-electron chi connectivity index (χ3n) is 2.28. The quantitative estimate of drug-likeness (QED) is 0.462. The molecule has 0 aliphatic rings. The number of methoxy groups -OCH3 is 1. The van der Waals surface area contributed by atoms with Gasteiger partial charge in [-0.3, -0.25) is 4.79 Å². The van der Waals surface area contributed by atoms with Gasteiger partial charge in [-0.15, -0.1) is 11.6 Å². The Morgan fingerprint density at radius 2 is 2.06 bits per heavy atom. The van der Waals surface area contributed by atoms with Gasteiger partial charge in [0.2, 0.25) is 0 Å². The maximum atomic E-state index is 11.7. The topological polar surface area (TPSA) is 43.4 Å². The summed E-state index contributed by atoms with van der Waals surface area (Å²) in [7, 11) is 1.31. The Hall–Kier alpha value is -1.35. The van der Waals surface area contributed by atoms with Gasteiger partial charge < -0.3 is 4.74 Å². The number of benzene rings is 1. The number of halogens is 1. The van der Waals surface area contributed by atoms with Crippen molar-refractivity contribution in [3.63, 3.8) is 0 Å². The summed E-state index contributed by atoms with van der Waals surface area (Å²) in [5.74, 6) is -0.223. The lowest BCUT2D eigenvalue weighted by Crippen LogP contribution is -2.07. The minimum Gasteiger partial charge on any atom is -0.465 e. The van der Waals surface area contributed by atoms with E-state index >= 15 is 0 Å². The first-order valence-electron chi connectivity index (χ1n) is 4.88. The van der Waals surface area contributed by atoms with Crippen molar-refractivity contribution in [2.45, 2.75) is 13.3 Å². The number of hydrogen-bond donors (Lipinski definition) is 0. The van der Waals surface area contributed by atoms with Gasteiger partial charge in [0.05, 0.1) is 12.7 Å². The van der Waals surface area contributed by atoms with Crippen molar-refractivity contribution in [3.05, 3.63) is 34.9 Å². The van der Waals surface area contributed by atoms with E-state index in [0.29, 0.717) is 11.1 Å². The Morgan fingerprint density at radius 1 is 1.38 bits per heavy atom. The van der Waals surface area contributed by atoms with Gasteiger partial charge in [-0.25, -0.2) is 4.79 Å². The number of hydrogen-bond acceptors (Lipinski definition) is 3. The van der Waals surface area contributed by atoms with E-state index in [4.69, 9.17) is 11.6 Å². The van der Waals surface area contributed by atoms with Crippen molar-refractivity contribution in [2.24, 2.45) is 0 Å². The molecular weight excluding hydrogens is 228 g/mol. The first-order chi connectivity index (χ1) is 7.60. The number of Topliss-reactive ketones (excluding diaryl/α,β-unsaturated/α-hetero) is 1. The minimum atomic E-state index is -0.445. The number of esters is 1. The van der Waals surface area contributed by atoms with E-state index in [1.54, 1.807) is 18.2 Å². The normalized spacial score (nSPS) is 9.94. The zero-order chi connectivity index (χ0) is 12.1. The summed E-state index contributed by atoms with van der Waals surface area (Å²) in [6, 6.07) is 4.92. The van der Waals surface area contributed by atoms with E-state index in [0.717, 1.165) is 5.56 Å². The summed E-state index contributed by atoms with van der Waals surface area (Å²) in [6.45, 7) is 1.82. The Kier molecular flexibility index (Phi) is 4.50. The number of ether oxygens (including phenoxy) is 1. The monoisotopic (exact) mass is 240 g/mol. The van der Waals surface area contributed by atoms with Crippen LogP contribution in [0, 0.1) is 6.92 Å². The van der Waals surface area contributed by atoms with Gasteiger partial charge >= 0.3 is 5.97 Å². The van der Waals surface area contributed by atoms with Gasteiger partial charge in [0.25, 0.3) is 0 Å². The van der Waals surface area contributed by atoms with E-state index in [1.165, 1.54) is 7.11 Å². The average molecular weight is 241 g/mol. The molecule has 0 spiro atoms. The molecule has 0 fully saturated rings. The Morgan fingerprint density at radius 3 is 2.62 bits per heavy atom. The molecule has 0 saturated heterocycles. The van der Waals surface area contributed by atoms with Crippen molar-refractivity contribution < 1.29 is 14.3 Å². The van der Waals surface area contributed by atoms with Crippen molar-refractivity contribution in [3.8, 4) is 0 Å². The molecule has 0 saturated carbocycles. The summed E-state index contributed by atoms with van der Waals surface area (Å²) >= 11 is 5.52. The van der Waals surface area contributed by atoms with Crippen molar-refractivity contribution in [2.75, 3.05) is 13.0 Å². The van der Waals surface area contributed by atoms with E-state index in [-0.39, 0.29) is 18.1 Å². The highest BCUT2D eigenvalue weighted by Crippen LogP contribution is 2.14. The maximum absolute atomic E-state index is 11.7. The molecule has 16 heavy (non-hydrogen) atoms. The van der Waals surface area contributed by atoms with Crippen LogP contribution in [0.2, 0.25) is 0 Å². The molecule has 1 aromatic rings. The van der Waals surface area contributed by atoms with E-state index in [2.05, 4.69) is 4.74 Å². The van der Waals surface area contributed by atoms with Crippen LogP contribution in [0.3, 0.4) is 0 Å². The second kappa shape index (κ2) is 5.66. The number of carbonyl (C=O) groups excluding carboxylic acids is 2. The molecule has 0 N–H and O–H groups in total. The number of aryl methyl sites for hydroxylation is 1. The number of rotatable bonds is 4. The van der Waals surface area contributed by atoms with Crippen LogP contribution in [0.4, 0.5) is 0 Å². The molecule has 0 radical (unpaired) electrons. The molecule has 0 unspecified atom stereocenters. The zero-order valence-electron chi connectivity index (χ0n) is 9.25. The second-order valence-corrected chi connectivity index (χ2v) is 3.76. The number of ketones is 1. The van der Waals surface area contributed by atoms with Gasteiger partial charge in [0.15, 0.2) is 5.78 Å². The van der Waals surface area contributed by atoms with Gasteiger partial charge in [0.1, 0.15) is 0 Å². The predicted molar refractivity (Wildman–Crippen MR) is 62.2 cm³/mol. The van der Waals surface area contributed by atoms with Crippen LogP contribution in [0.5, 0.6) is 0 Å². The Balaban J connectivity index is 3.08. The lowest BCUT2D eigenvalue weighted by Gasteiger charge is -2.06. The minimum absolute atomic E-state index is 0.0572. The molecule has 0 bridgehead atoms. The van der Waals surface area contributed by atoms with Gasteiger partial charge in [-0.05, 0) is 24.6 Å². The Labute approximate surface area is 99.4 Å². The van der Waals surface area contributed by atoms with Gasteiger partial charge in [-0.2, -0.15) is 0 Å². The van der Waals surface area contributed by atoms with Gasteiger partial charge in [0, 0.05) is 17.9 Å². The molecule has 1 aromatic carbocycles. The van der Waals surface area contributed by atoms with Crippen LogP contribution in [0.25, 0.3) is 0 Å². The molecule has 0 aliphatic carbocycles. The molecule has 0 aliphatic heterocycles. The standard InChI is InChI=1S/C12H13ClO3/c1-8-3-4-9(12(15)16-2)7-10(8)11(14)5-6-13/h3-4,7H,5-6H2,1-2H3. The highest BCUT2D eigenvalue weighted by atomic mass is 35.5. The molecule has 86 valence electrons. The van der Waals surface area contributed by atoms with E-state index in [1.807, 2.05) is 6.92 Å². The van der Waals surface area contributed by atoms with E-state index < -0.39 is 5.97 Å². The van der Waals surface area contributed by atoms with Crippen LogP contribution in [0.1, 0.15) is 32.7 Å². The van der Waals surface area contributed by atoms with Crippen molar-refractivity contribution in [1.29, 1.82) is 0 Å². The number of carbonyl (C=O) groups is 2. The van der Waals surface area contributed by atoms with Crippen molar-refractivity contribution in [1.82, 2.24) is 0 Å². The smallest absolute Gasteiger partial charge is 0.337 e. The molecule has 0 amide bonds. The SMILES string of the molecule is COC(=O)c1ccc(C)c(C(=O)CCCl)c1. The lowest BCUT2D eigenvalue weighted by molar-refractivity contribution is 0.0600. The maximum Gasteiger partial charge on any atom is 0.337 e. The third kappa shape index (κ3) is 2.83. The molecule has 0 heterocycles. The summed E-state index contributed by atoms with van der Waals surface area (Å²) in [5, 5.41) is 0. The lowest BCUT2D eigenvalue weighted by atomic mass is 10.0. The van der Waals surface area contributed by atoms with E-state index in [9.17, 15) is 9.59 Å². The molecule has 4 heteroatoms. The van der Waals surface area contributed by atoms with Crippen LogP contribution in [-0.2, 0) is 4.74 Å². The van der Waals surface area contributed by atoms with Crippen LogP contribution in [-0.4, -0.2) is 24.7 Å². The Bertz CT molecular complexity index is 413. The van der Waals surface area contributed by atoms with Crippen LogP contribution >= 0.6 is 11.6 Å².